The molecule has 1 aromatic heterocycles. The van der Waals surface area contributed by atoms with Gasteiger partial charge in [0.1, 0.15) is 0 Å². The molecule has 3 rings (SSSR count). The summed E-state index contributed by atoms with van der Waals surface area (Å²) in [5.41, 5.74) is 1.01. The van der Waals surface area contributed by atoms with Crippen LogP contribution < -0.4 is 5.32 Å². The van der Waals surface area contributed by atoms with E-state index in [9.17, 15) is 0 Å². The number of nitrogens with one attached hydrogen (secondary N) is 1. The SMILES string of the molecule is Clc1cncc(Cl)c1CN1CC[C@H]2CC[C@@H](C1)N2. The number of hydrogen-bond donors (Lipinski definition) is 1. The van der Waals surface area contributed by atoms with Gasteiger partial charge in [-0.15, -0.1) is 0 Å². The van der Waals surface area contributed by atoms with Crippen molar-refractivity contribution in [3.05, 3.63) is 28.0 Å². The molecule has 0 saturated carbocycles. The molecular formula is C13H17Cl2N3. The van der Waals surface area contributed by atoms with E-state index in [0.29, 0.717) is 22.1 Å². The van der Waals surface area contributed by atoms with E-state index in [-0.39, 0.29) is 0 Å². The first-order chi connectivity index (χ1) is 8.72. The lowest BCUT2D eigenvalue weighted by molar-refractivity contribution is 0.251. The second kappa shape index (κ2) is 5.33. The van der Waals surface area contributed by atoms with Crippen LogP contribution in [0.3, 0.4) is 0 Å². The highest BCUT2D eigenvalue weighted by Gasteiger charge is 2.29. The van der Waals surface area contributed by atoms with E-state index in [1.165, 1.54) is 19.3 Å². The van der Waals surface area contributed by atoms with Crippen molar-refractivity contribution in [1.29, 1.82) is 0 Å². The Morgan fingerprint density at radius 3 is 2.67 bits per heavy atom. The predicted octanol–water partition coefficient (Wildman–Crippen LogP) is 2.71. The van der Waals surface area contributed by atoms with Gasteiger partial charge in [0.2, 0.25) is 0 Å². The number of pyridine rings is 1. The Balaban J connectivity index is 1.72. The molecule has 2 aliphatic heterocycles. The first-order valence-electron chi connectivity index (χ1n) is 6.48. The van der Waals surface area contributed by atoms with Crippen molar-refractivity contribution in [1.82, 2.24) is 15.2 Å². The van der Waals surface area contributed by atoms with Gasteiger partial charge in [-0.05, 0) is 19.3 Å². The lowest BCUT2D eigenvalue weighted by atomic mass is 10.1. The first kappa shape index (κ1) is 12.7. The van der Waals surface area contributed by atoms with E-state index in [1.807, 2.05) is 0 Å². The Kier molecular flexibility index (Phi) is 3.76. The highest BCUT2D eigenvalue weighted by atomic mass is 35.5. The summed E-state index contributed by atoms with van der Waals surface area (Å²) in [5.74, 6) is 0. The molecule has 1 aromatic rings. The summed E-state index contributed by atoms with van der Waals surface area (Å²) in [7, 11) is 0. The highest BCUT2D eigenvalue weighted by molar-refractivity contribution is 6.35. The van der Waals surface area contributed by atoms with E-state index in [4.69, 9.17) is 23.2 Å². The van der Waals surface area contributed by atoms with Crippen LogP contribution in [0.2, 0.25) is 10.0 Å². The Labute approximate surface area is 117 Å². The van der Waals surface area contributed by atoms with E-state index >= 15 is 0 Å². The van der Waals surface area contributed by atoms with E-state index in [1.54, 1.807) is 12.4 Å². The molecule has 98 valence electrons. The summed E-state index contributed by atoms with van der Waals surface area (Å²) in [4.78, 5) is 6.45. The monoisotopic (exact) mass is 285 g/mol. The minimum atomic E-state index is 0.636. The molecule has 3 nitrogen and oxygen atoms in total. The van der Waals surface area contributed by atoms with Gasteiger partial charge >= 0.3 is 0 Å². The quantitative estimate of drug-likeness (QED) is 0.906. The minimum absolute atomic E-state index is 0.636. The van der Waals surface area contributed by atoms with Gasteiger partial charge in [0.05, 0.1) is 10.0 Å². The molecule has 2 fully saturated rings. The Morgan fingerprint density at radius 2 is 1.89 bits per heavy atom. The van der Waals surface area contributed by atoms with Gasteiger partial charge in [-0.2, -0.15) is 0 Å². The molecule has 2 bridgehead atoms. The van der Waals surface area contributed by atoms with E-state index in [0.717, 1.165) is 25.2 Å². The molecule has 18 heavy (non-hydrogen) atoms. The van der Waals surface area contributed by atoms with Crippen molar-refractivity contribution in [3.63, 3.8) is 0 Å². The van der Waals surface area contributed by atoms with Gasteiger partial charge in [-0.3, -0.25) is 9.88 Å². The lowest BCUT2D eigenvalue weighted by Crippen LogP contribution is -2.35. The molecule has 5 heteroatoms. The summed E-state index contributed by atoms with van der Waals surface area (Å²) >= 11 is 12.4. The van der Waals surface area contributed by atoms with Gasteiger partial charge in [0, 0.05) is 49.7 Å². The predicted molar refractivity (Wildman–Crippen MR) is 74.1 cm³/mol. The molecule has 0 aromatic carbocycles. The Morgan fingerprint density at radius 1 is 1.17 bits per heavy atom. The third-order valence-corrected chi connectivity index (χ3v) is 4.59. The van der Waals surface area contributed by atoms with Crippen LogP contribution in [0.5, 0.6) is 0 Å². The van der Waals surface area contributed by atoms with E-state index < -0.39 is 0 Å². The molecule has 0 unspecified atom stereocenters. The van der Waals surface area contributed by atoms with Gasteiger partial charge in [-0.25, -0.2) is 0 Å². The number of nitrogens with zero attached hydrogens (tertiary/aromatic N) is 2. The van der Waals surface area contributed by atoms with Gasteiger partial charge in [-0.1, -0.05) is 23.2 Å². The molecule has 2 aliphatic rings. The standard InChI is InChI=1S/C13H17Cl2N3/c14-12-5-16-6-13(15)11(12)8-18-4-3-9-1-2-10(7-18)17-9/h5-6,9-10,17H,1-4,7-8H2/t9-,10+/m1/s1. The maximum Gasteiger partial charge on any atom is 0.0649 e. The van der Waals surface area contributed by atoms with Crippen molar-refractivity contribution >= 4 is 23.2 Å². The molecule has 2 saturated heterocycles. The summed E-state index contributed by atoms with van der Waals surface area (Å²) < 4.78 is 0. The molecule has 0 amide bonds. The number of fused-ring (bicyclic) bond motifs is 2. The highest BCUT2D eigenvalue weighted by Crippen LogP contribution is 2.27. The fraction of sp³-hybridized carbons (Fsp3) is 0.615. The molecule has 0 spiro atoms. The Hall–Kier alpha value is -0.350. The van der Waals surface area contributed by atoms with Crippen molar-refractivity contribution < 1.29 is 0 Å². The van der Waals surface area contributed by atoms with Crippen LogP contribution in [0.15, 0.2) is 12.4 Å². The van der Waals surface area contributed by atoms with Crippen molar-refractivity contribution in [2.24, 2.45) is 0 Å². The molecule has 0 radical (unpaired) electrons. The van der Waals surface area contributed by atoms with E-state index in [2.05, 4.69) is 15.2 Å². The summed E-state index contributed by atoms with van der Waals surface area (Å²) in [5, 5.41) is 5.02. The van der Waals surface area contributed by atoms with Crippen LogP contribution in [-0.4, -0.2) is 35.1 Å². The fourth-order valence-electron chi connectivity index (χ4n) is 2.97. The molecule has 2 atom stereocenters. The fourth-order valence-corrected chi connectivity index (χ4v) is 3.46. The topological polar surface area (TPSA) is 28.2 Å². The normalized spacial score (nSPS) is 28.3. The number of aromatic nitrogens is 1. The summed E-state index contributed by atoms with van der Waals surface area (Å²) in [6.45, 7) is 3.03. The van der Waals surface area contributed by atoms with Crippen LogP contribution in [0.1, 0.15) is 24.8 Å². The first-order valence-corrected chi connectivity index (χ1v) is 7.24. The number of hydrogen-bond acceptors (Lipinski definition) is 3. The van der Waals surface area contributed by atoms with Crippen molar-refractivity contribution in [2.75, 3.05) is 13.1 Å². The maximum absolute atomic E-state index is 6.18. The molecule has 0 aliphatic carbocycles. The molecule has 1 N–H and O–H groups in total. The second-order valence-electron chi connectivity index (χ2n) is 5.24. The van der Waals surface area contributed by atoms with Crippen LogP contribution in [0, 0.1) is 0 Å². The zero-order chi connectivity index (χ0) is 12.5. The lowest BCUT2D eigenvalue weighted by Gasteiger charge is -2.24. The Bertz CT molecular complexity index is 418. The number of rotatable bonds is 2. The van der Waals surface area contributed by atoms with Crippen LogP contribution >= 0.6 is 23.2 Å². The number of likely N-dealkylation sites (tertiary alicyclic amines) is 1. The molecule has 3 heterocycles. The average Bonchev–Trinajstić information content (AvgIpc) is 2.67. The maximum atomic E-state index is 6.18. The summed E-state index contributed by atoms with van der Waals surface area (Å²) in [6, 6.07) is 1.35. The van der Waals surface area contributed by atoms with Crippen LogP contribution in [0.25, 0.3) is 0 Å². The second-order valence-corrected chi connectivity index (χ2v) is 6.06. The van der Waals surface area contributed by atoms with Crippen molar-refractivity contribution in [2.45, 2.75) is 37.9 Å². The van der Waals surface area contributed by atoms with Crippen LogP contribution in [-0.2, 0) is 6.54 Å². The third-order valence-electron chi connectivity index (χ3n) is 3.94. The smallest absolute Gasteiger partial charge is 0.0649 e. The zero-order valence-electron chi connectivity index (χ0n) is 10.2. The van der Waals surface area contributed by atoms with Crippen LogP contribution in [0.4, 0.5) is 0 Å². The zero-order valence-corrected chi connectivity index (χ0v) is 11.7. The largest absolute Gasteiger partial charge is 0.310 e. The average molecular weight is 286 g/mol. The van der Waals surface area contributed by atoms with Gasteiger partial charge < -0.3 is 5.32 Å². The number of halogens is 2. The van der Waals surface area contributed by atoms with Gasteiger partial charge in [0.15, 0.2) is 0 Å². The third kappa shape index (κ3) is 2.64. The molecular weight excluding hydrogens is 269 g/mol. The minimum Gasteiger partial charge on any atom is -0.310 e. The summed E-state index contributed by atoms with van der Waals surface area (Å²) in [6.07, 6.45) is 7.18. The van der Waals surface area contributed by atoms with Gasteiger partial charge in [0.25, 0.3) is 0 Å². The van der Waals surface area contributed by atoms with Crippen molar-refractivity contribution in [3.8, 4) is 0 Å².